The molecule has 28 heavy (non-hydrogen) atoms. The molecule has 1 fully saturated rings. The molecule has 1 aromatic carbocycles. The Kier molecular flexibility index (Phi) is 6.05. The van der Waals surface area contributed by atoms with Gasteiger partial charge in [0.1, 0.15) is 0 Å². The molecule has 0 saturated heterocycles. The van der Waals surface area contributed by atoms with Gasteiger partial charge in [-0.3, -0.25) is 14.9 Å². The van der Waals surface area contributed by atoms with Crippen molar-refractivity contribution in [2.75, 3.05) is 0 Å². The second-order valence-corrected chi connectivity index (χ2v) is 7.19. The zero-order chi connectivity index (χ0) is 20.3. The summed E-state index contributed by atoms with van der Waals surface area (Å²) in [4.78, 5) is 27.0. The van der Waals surface area contributed by atoms with Crippen LogP contribution in [0.2, 0.25) is 0 Å². The van der Waals surface area contributed by atoms with E-state index in [1.807, 2.05) is 6.92 Å². The minimum atomic E-state index is -1.04. The number of hydrogen-bond donors (Lipinski definition) is 3. The number of nitriles is 1. The number of amides is 1. The van der Waals surface area contributed by atoms with E-state index in [0.29, 0.717) is 5.39 Å². The molecular formula is C20H22F2N4O2. The molecule has 0 bridgehead atoms. The maximum Gasteiger partial charge on any atom is 0.252 e. The van der Waals surface area contributed by atoms with Crippen molar-refractivity contribution in [3.05, 3.63) is 45.8 Å². The lowest BCUT2D eigenvalue weighted by Gasteiger charge is -2.17. The second kappa shape index (κ2) is 8.48. The highest BCUT2D eigenvalue weighted by Gasteiger charge is 2.27. The highest BCUT2D eigenvalue weighted by molar-refractivity contribution is 5.83. The largest absolute Gasteiger partial charge is 0.353 e. The molecule has 0 spiro atoms. The summed E-state index contributed by atoms with van der Waals surface area (Å²) in [5, 5.41) is 15.6. The number of carbonyl (C=O) groups is 1. The zero-order valence-corrected chi connectivity index (χ0v) is 15.5. The van der Waals surface area contributed by atoms with Crippen molar-refractivity contribution >= 4 is 16.8 Å². The summed E-state index contributed by atoms with van der Waals surface area (Å²) in [6, 6.07) is 5.50. The minimum absolute atomic E-state index is 0.0210. The topological polar surface area (TPSA) is 97.8 Å². The van der Waals surface area contributed by atoms with Crippen LogP contribution in [0.15, 0.2) is 23.0 Å². The number of carbonyl (C=O) groups excluding carboxylic acids is 1. The summed E-state index contributed by atoms with van der Waals surface area (Å²) in [6.07, 6.45) is 2.96. The Labute approximate surface area is 160 Å². The number of fused-ring (bicyclic) bond motifs is 1. The van der Waals surface area contributed by atoms with Crippen molar-refractivity contribution in [2.45, 2.75) is 57.2 Å². The lowest BCUT2D eigenvalue weighted by molar-refractivity contribution is -0.121. The van der Waals surface area contributed by atoms with Crippen molar-refractivity contribution in [1.29, 1.82) is 5.26 Å². The summed E-state index contributed by atoms with van der Waals surface area (Å²) in [7, 11) is 0. The molecule has 8 heteroatoms. The first-order valence-corrected chi connectivity index (χ1v) is 9.35. The van der Waals surface area contributed by atoms with Gasteiger partial charge < -0.3 is 10.3 Å². The predicted octanol–water partition coefficient (Wildman–Crippen LogP) is 2.28. The van der Waals surface area contributed by atoms with E-state index in [1.54, 1.807) is 0 Å². The van der Waals surface area contributed by atoms with Gasteiger partial charge in [0, 0.05) is 29.1 Å². The molecule has 1 aliphatic rings. The molecule has 1 saturated carbocycles. The van der Waals surface area contributed by atoms with Gasteiger partial charge in [0.2, 0.25) is 5.91 Å². The fourth-order valence-electron chi connectivity index (χ4n) is 3.62. The lowest BCUT2D eigenvalue weighted by atomic mass is 10.1. The molecule has 3 atom stereocenters. The fourth-order valence-corrected chi connectivity index (χ4v) is 3.62. The number of benzene rings is 1. The Morgan fingerprint density at radius 3 is 2.71 bits per heavy atom. The van der Waals surface area contributed by atoms with Crippen LogP contribution in [-0.4, -0.2) is 29.0 Å². The highest BCUT2D eigenvalue weighted by Crippen LogP contribution is 2.20. The van der Waals surface area contributed by atoms with Crippen LogP contribution in [0.5, 0.6) is 0 Å². The van der Waals surface area contributed by atoms with E-state index < -0.39 is 17.2 Å². The van der Waals surface area contributed by atoms with Gasteiger partial charge >= 0.3 is 0 Å². The Morgan fingerprint density at radius 2 is 2.00 bits per heavy atom. The first kappa shape index (κ1) is 20.0. The minimum Gasteiger partial charge on any atom is -0.353 e. The predicted molar refractivity (Wildman–Crippen MR) is 101 cm³/mol. The number of aromatic amines is 1. The van der Waals surface area contributed by atoms with Crippen LogP contribution in [0.3, 0.4) is 0 Å². The Morgan fingerprint density at radius 1 is 1.29 bits per heavy atom. The van der Waals surface area contributed by atoms with Gasteiger partial charge in [0.15, 0.2) is 11.6 Å². The van der Waals surface area contributed by atoms with Crippen molar-refractivity contribution in [1.82, 2.24) is 15.6 Å². The molecule has 3 N–H and O–H groups in total. The smallest absolute Gasteiger partial charge is 0.252 e. The third kappa shape index (κ3) is 4.54. The van der Waals surface area contributed by atoms with Gasteiger partial charge in [0.25, 0.3) is 5.56 Å². The summed E-state index contributed by atoms with van der Waals surface area (Å²) in [5.74, 6) is -2.35. The van der Waals surface area contributed by atoms with Crippen LogP contribution >= 0.6 is 0 Å². The highest BCUT2D eigenvalue weighted by atomic mass is 19.2. The van der Waals surface area contributed by atoms with Crippen molar-refractivity contribution in [3.8, 4) is 6.07 Å². The third-order valence-corrected chi connectivity index (χ3v) is 5.11. The van der Waals surface area contributed by atoms with E-state index in [0.717, 1.165) is 37.8 Å². The molecule has 1 heterocycles. The fraction of sp³-hybridized carbons (Fsp3) is 0.450. The van der Waals surface area contributed by atoms with Gasteiger partial charge in [-0.1, -0.05) is 6.92 Å². The van der Waals surface area contributed by atoms with Crippen LogP contribution in [0.25, 0.3) is 10.9 Å². The van der Waals surface area contributed by atoms with Crippen LogP contribution in [0, 0.1) is 23.0 Å². The molecule has 2 aromatic rings. The van der Waals surface area contributed by atoms with Gasteiger partial charge in [0.05, 0.1) is 24.0 Å². The monoisotopic (exact) mass is 388 g/mol. The maximum absolute atomic E-state index is 13.4. The molecule has 6 nitrogen and oxygen atoms in total. The third-order valence-electron chi connectivity index (χ3n) is 5.11. The van der Waals surface area contributed by atoms with Crippen LogP contribution in [-0.2, 0) is 11.2 Å². The average molecular weight is 388 g/mol. The van der Waals surface area contributed by atoms with E-state index in [9.17, 15) is 18.4 Å². The number of aromatic nitrogens is 1. The normalized spacial score (nSPS) is 20.1. The van der Waals surface area contributed by atoms with E-state index in [2.05, 4.69) is 21.7 Å². The molecular weight excluding hydrogens is 366 g/mol. The second-order valence-electron chi connectivity index (χ2n) is 7.19. The first-order chi connectivity index (χ1) is 13.4. The summed E-state index contributed by atoms with van der Waals surface area (Å²) >= 11 is 0. The van der Waals surface area contributed by atoms with E-state index in [1.165, 1.54) is 6.07 Å². The molecule has 0 radical (unpaired) electrons. The van der Waals surface area contributed by atoms with E-state index in [4.69, 9.17) is 5.26 Å². The molecule has 148 valence electrons. The molecule has 1 aliphatic carbocycles. The molecule has 3 unspecified atom stereocenters. The summed E-state index contributed by atoms with van der Waals surface area (Å²) in [6.45, 7) is 1.94. The van der Waals surface area contributed by atoms with Crippen LogP contribution in [0.4, 0.5) is 8.78 Å². The van der Waals surface area contributed by atoms with Gasteiger partial charge in [-0.25, -0.2) is 8.78 Å². The number of H-pyrrole nitrogens is 1. The molecule has 3 rings (SSSR count). The number of nitrogens with one attached hydrogen (secondary N) is 3. The average Bonchev–Trinajstić information content (AvgIpc) is 3.09. The number of nitrogens with zero attached hydrogens (tertiary/aromatic N) is 1. The van der Waals surface area contributed by atoms with Crippen LogP contribution in [0.1, 0.15) is 38.2 Å². The van der Waals surface area contributed by atoms with Crippen molar-refractivity contribution < 1.29 is 13.6 Å². The number of pyridine rings is 1. The molecule has 0 aliphatic heterocycles. The van der Waals surface area contributed by atoms with Gasteiger partial charge in [-0.05, 0) is 37.8 Å². The number of rotatable bonds is 6. The van der Waals surface area contributed by atoms with Crippen molar-refractivity contribution in [3.63, 3.8) is 0 Å². The zero-order valence-electron chi connectivity index (χ0n) is 15.5. The molecule has 1 amide bonds. The summed E-state index contributed by atoms with van der Waals surface area (Å²) < 4.78 is 26.7. The Hall–Kier alpha value is -2.79. The van der Waals surface area contributed by atoms with Gasteiger partial charge in [-0.15, -0.1) is 0 Å². The Balaban J connectivity index is 1.62. The van der Waals surface area contributed by atoms with E-state index >= 15 is 0 Å². The van der Waals surface area contributed by atoms with Crippen molar-refractivity contribution in [2.24, 2.45) is 0 Å². The van der Waals surface area contributed by atoms with E-state index in [-0.39, 0.29) is 41.5 Å². The number of hydrogen-bond acceptors (Lipinski definition) is 4. The lowest BCUT2D eigenvalue weighted by Crippen LogP contribution is -2.39. The molecule has 1 aromatic heterocycles. The first-order valence-electron chi connectivity index (χ1n) is 9.35. The SMILES string of the molecule is CCC(C#N)NC1CCC(NC(=O)Cc2cc3cc(F)c(F)cc3[nH]c2=O)C1. The maximum atomic E-state index is 13.4. The van der Waals surface area contributed by atoms with Gasteiger partial charge in [-0.2, -0.15) is 5.26 Å². The quantitative estimate of drug-likeness (QED) is 0.707. The van der Waals surface area contributed by atoms with Crippen LogP contribution < -0.4 is 16.2 Å². The standard InChI is InChI=1S/C20H22F2N4O2/c1-2-13(10-23)24-14-3-4-15(8-14)25-19(27)7-12-5-11-6-16(21)17(22)9-18(11)26-20(12)28/h5-6,9,13-15,24H,2-4,7-8H2,1H3,(H,25,27)(H,26,28). The summed E-state index contributed by atoms with van der Waals surface area (Å²) in [5.41, 5.74) is -0.126. The number of halogens is 2. The Bertz CT molecular complexity index is 983.